The third-order valence-electron chi connectivity index (χ3n) is 4.53. The Morgan fingerprint density at radius 2 is 1.08 bits per heavy atom. The lowest BCUT2D eigenvalue weighted by atomic mass is 10.1. The summed E-state index contributed by atoms with van der Waals surface area (Å²) in [7, 11) is 0. The first-order chi connectivity index (χ1) is 17.9. The predicted molar refractivity (Wildman–Crippen MR) is 152 cm³/mol. The van der Waals surface area contributed by atoms with E-state index in [4.69, 9.17) is 14.7 Å². The van der Waals surface area contributed by atoms with E-state index in [9.17, 15) is 9.59 Å². The summed E-state index contributed by atoms with van der Waals surface area (Å²) in [5.41, 5.74) is 1.14. The van der Waals surface area contributed by atoms with Crippen LogP contribution in [0.15, 0.2) is 84.9 Å². The molecule has 0 bridgehead atoms. The molecule has 38 heavy (non-hydrogen) atoms. The van der Waals surface area contributed by atoms with Crippen LogP contribution in [-0.2, 0) is 29.1 Å². The van der Waals surface area contributed by atoms with Gasteiger partial charge in [0.25, 0.3) is 0 Å². The predicted octanol–water partition coefficient (Wildman–Crippen LogP) is 7.88. The van der Waals surface area contributed by atoms with Crippen LogP contribution in [0.5, 0.6) is 0 Å². The van der Waals surface area contributed by atoms with Crippen molar-refractivity contribution in [1.29, 1.82) is 0 Å². The van der Waals surface area contributed by atoms with Gasteiger partial charge in [0, 0.05) is 0 Å². The summed E-state index contributed by atoms with van der Waals surface area (Å²) in [5, 5.41) is 2.38. The Labute approximate surface area is 225 Å². The molecule has 0 saturated carbocycles. The van der Waals surface area contributed by atoms with Crippen molar-refractivity contribution in [1.82, 2.24) is 0 Å². The topological polar surface area (TPSA) is 71.1 Å². The van der Waals surface area contributed by atoms with Gasteiger partial charge < -0.3 is 0 Å². The lowest BCUT2D eigenvalue weighted by molar-refractivity contribution is -0.319. The van der Waals surface area contributed by atoms with Gasteiger partial charge in [-0.2, -0.15) is 9.78 Å². The number of fused-ring (bicyclic) bond motifs is 1. The molecule has 0 fully saturated rings. The van der Waals surface area contributed by atoms with Crippen LogP contribution in [0.1, 0.15) is 65.5 Å². The quantitative estimate of drug-likeness (QED) is 0.223. The van der Waals surface area contributed by atoms with Gasteiger partial charge in [-0.05, 0) is 69.5 Å². The molecule has 3 aromatic carbocycles. The Kier molecular flexibility index (Phi) is 11.9. The van der Waals surface area contributed by atoms with Gasteiger partial charge in [-0.1, -0.05) is 91.0 Å². The average molecular weight is 519 g/mol. The summed E-state index contributed by atoms with van der Waals surface area (Å²) in [4.78, 5) is 42.0. The SMILES string of the molecule is CC(C)(C)OOC(=O)C/C=C/c1ccc2ccccc2c1.CC(C)(C)OOC(=O)C/C=C/c1ccccc1. The number of carbonyl (C=O) groups is 2. The van der Waals surface area contributed by atoms with Crippen LogP contribution < -0.4 is 0 Å². The van der Waals surface area contributed by atoms with Crippen molar-refractivity contribution in [2.24, 2.45) is 0 Å². The van der Waals surface area contributed by atoms with E-state index in [0.29, 0.717) is 0 Å². The maximum Gasteiger partial charge on any atom is 0.346 e. The van der Waals surface area contributed by atoms with Crippen molar-refractivity contribution >= 4 is 34.9 Å². The van der Waals surface area contributed by atoms with Gasteiger partial charge in [0.05, 0.1) is 12.8 Å². The van der Waals surface area contributed by atoms with Crippen LogP contribution in [0.25, 0.3) is 22.9 Å². The van der Waals surface area contributed by atoms with Crippen molar-refractivity contribution in [3.8, 4) is 0 Å². The molecule has 0 amide bonds. The highest BCUT2D eigenvalue weighted by Gasteiger charge is 2.15. The molecule has 0 aliphatic rings. The van der Waals surface area contributed by atoms with Crippen LogP contribution in [-0.4, -0.2) is 23.1 Å². The Morgan fingerprint density at radius 3 is 1.61 bits per heavy atom. The van der Waals surface area contributed by atoms with Crippen molar-refractivity contribution in [3.05, 3.63) is 96.1 Å². The van der Waals surface area contributed by atoms with E-state index in [2.05, 4.69) is 29.2 Å². The normalized spacial score (nSPS) is 11.8. The van der Waals surface area contributed by atoms with Crippen LogP contribution >= 0.6 is 0 Å². The minimum atomic E-state index is -0.488. The number of rotatable bonds is 8. The van der Waals surface area contributed by atoms with E-state index in [0.717, 1.165) is 11.1 Å². The van der Waals surface area contributed by atoms with E-state index in [1.165, 1.54) is 10.8 Å². The average Bonchev–Trinajstić information content (AvgIpc) is 2.86. The first-order valence-electron chi connectivity index (χ1n) is 12.6. The van der Waals surface area contributed by atoms with Crippen LogP contribution in [0.3, 0.4) is 0 Å². The molecule has 3 aromatic rings. The molecule has 6 heteroatoms. The zero-order chi connectivity index (χ0) is 28.0. The molecular weight excluding hydrogens is 480 g/mol. The lowest BCUT2D eigenvalue weighted by Gasteiger charge is -2.16. The Morgan fingerprint density at radius 1 is 0.605 bits per heavy atom. The van der Waals surface area contributed by atoms with Gasteiger partial charge in [-0.15, -0.1) is 0 Å². The Hall–Kier alpha value is -3.74. The molecule has 0 spiro atoms. The number of hydrogen-bond donors (Lipinski definition) is 0. The molecule has 202 valence electrons. The fraction of sp³-hybridized carbons (Fsp3) is 0.312. The first-order valence-corrected chi connectivity index (χ1v) is 12.6. The summed E-state index contributed by atoms with van der Waals surface area (Å²) < 4.78 is 0. The molecule has 0 radical (unpaired) electrons. The molecule has 0 aliphatic carbocycles. The molecule has 0 heterocycles. The monoisotopic (exact) mass is 518 g/mol. The van der Waals surface area contributed by atoms with Gasteiger partial charge in [-0.25, -0.2) is 9.59 Å². The smallest absolute Gasteiger partial charge is 0.297 e. The molecule has 0 atom stereocenters. The fourth-order valence-electron chi connectivity index (χ4n) is 2.87. The molecule has 0 N–H and O–H groups in total. The molecule has 0 unspecified atom stereocenters. The highest BCUT2D eigenvalue weighted by Crippen LogP contribution is 2.17. The van der Waals surface area contributed by atoms with E-state index in [1.807, 2.05) is 102 Å². The molecule has 0 saturated heterocycles. The Bertz CT molecular complexity index is 1210. The standard InChI is InChI=1S/C18H20O3.C14H18O3/c1-18(2,3)21-20-17(19)10-6-7-14-11-12-15-8-4-5-9-16(15)13-14;1-14(2,3)17-16-13(15)11-7-10-12-8-5-4-6-9-12/h4-9,11-13H,10H2,1-3H3;4-10H,11H2,1-3H3/b7-6+;10-7+. The largest absolute Gasteiger partial charge is 0.346 e. The highest BCUT2D eigenvalue weighted by molar-refractivity contribution is 5.84. The molecule has 0 aromatic heterocycles. The zero-order valence-corrected chi connectivity index (χ0v) is 23.1. The summed E-state index contributed by atoms with van der Waals surface area (Å²) >= 11 is 0. The van der Waals surface area contributed by atoms with E-state index >= 15 is 0 Å². The van der Waals surface area contributed by atoms with Gasteiger partial charge in [-0.3, -0.25) is 9.78 Å². The van der Waals surface area contributed by atoms with E-state index < -0.39 is 23.1 Å². The third kappa shape index (κ3) is 13.5. The minimum absolute atomic E-state index is 0.183. The number of hydrogen-bond acceptors (Lipinski definition) is 6. The highest BCUT2D eigenvalue weighted by atomic mass is 17.2. The van der Waals surface area contributed by atoms with Crippen molar-refractivity contribution in [3.63, 3.8) is 0 Å². The number of benzene rings is 3. The van der Waals surface area contributed by atoms with Crippen LogP contribution in [0.4, 0.5) is 0 Å². The van der Waals surface area contributed by atoms with Crippen molar-refractivity contribution < 1.29 is 29.1 Å². The summed E-state index contributed by atoms with van der Waals surface area (Å²) in [6.45, 7) is 10.9. The van der Waals surface area contributed by atoms with Crippen LogP contribution in [0.2, 0.25) is 0 Å². The Balaban J connectivity index is 0.000000273. The van der Waals surface area contributed by atoms with Gasteiger partial charge >= 0.3 is 11.9 Å². The summed E-state index contributed by atoms with van der Waals surface area (Å²) in [6.07, 6.45) is 7.69. The van der Waals surface area contributed by atoms with Gasteiger partial charge in [0.2, 0.25) is 0 Å². The third-order valence-corrected chi connectivity index (χ3v) is 4.53. The molecule has 0 aliphatic heterocycles. The fourth-order valence-corrected chi connectivity index (χ4v) is 2.87. The second kappa shape index (κ2) is 14.9. The summed E-state index contributed by atoms with van der Waals surface area (Å²) in [6, 6.07) is 24.1. The van der Waals surface area contributed by atoms with Gasteiger partial charge in [0.15, 0.2) is 0 Å². The van der Waals surface area contributed by atoms with Gasteiger partial charge in [0.1, 0.15) is 11.2 Å². The maximum absolute atomic E-state index is 11.5. The van der Waals surface area contributed by atoms with Crippen molar-refractivity contribution in [2.45, 2.75) is 65.6 Å². The summed E-state index contributed by atoms with van der Waals surface area (Å²) in [5.74, 6) is -0.797. The van der Waals surface area contributed by atoms with E-state index in [-0.39, 0.29) is 12.8 Å². The molecule has 6 nitrogen and oxygen atoms in total. The molecule has 3 rings (SSSR count). The van der Waals surface area contributed by atoms with Crippen LogP contribution in [0, 0.1) is 0 Å². The van der Waals surface area contributed by atoms with E-state index in [1.54, 1.807) is 12.2 Å². The first kappa shape index (κ1) is 30.5. The zero-order valence-electron chi connectivity index (χ0n) is 23.1. The minimum Gasteiger partial charge on any atom is -0.297 e. The number of carbonyl (C=O) groups excluding carboxylic acids is 2. The maximum atomic E-state index is 11.5. The lowest BCUT2D eigenvalue weighted by Crippen LogP contribution is -2.21. The second-order valence-electron chi connectivity index (χ2n) is 10.5. The van der Waals surface area contributed by atoms with Crippen molar-refractivity contribution in [2.75, 3.05) is 0 Å². The second-order valence-corrected chi connectivity index (χ2v) is 10.5. The molecular formula is C32H38O6.